The molecule has 1 amide bonds. The van der Waals surface area contributed by atoms with Crippen LogP contribution in [0.3, 0.4) is 0 Å². The highest BCUT2D eigenvalue weighted by molar-refractivity contribution is 6.04. The first-order chi connectivity index (χ1) is 13.0. The van der Waals surface area contributed by atoms with Crippen molar-refractivity contribution in [3.8, 4) is 5.75 Å². The van der Waals surface area contributed by atoms with Crippen molar-refractivity contribution in [1.82, 2.24) is 0 Å². The van der Waals surface area contributed by atoms with E-state index in [4.69, 9.17) is 9.47 Å². The summed E-state index contributed by atoms with van der Waals surface area (Å²) in [5.41, 5.74) is 2.38. The van der Waals surface area contributed by atoms with E-state index in [1.54, 1.807) is 31.2 Å². The summed E-state index contributed by atoms with van der Waals surface area (Å²) in [7, 11) is 0. The lowest BCUT2D eigenvalue weighted by Gasteiger charge is -2.14. The van der Waals surface area contributed by atoms with Crippen LogP contribution in [-0.2, 0) is 9.53 Å². The van der Waals surface area contributed by atoms with Crippen molar-refractivity contribution in [3.05, 3.63) is 59.7 Å². The van der Waals surface area contributed by atoms with E-state index in [0.717, 1.165) is 30.5 Å². The van der Waals surface area contributed by atoms with Crippen LogP contribution < -0.4 is 10.1 Å². The van der Waals surface area contributed by atoms with Crippen molar-refractivity contribution >= 4 is 17.6 Å². The van der Waals surface area contributed by atoms with Crippen molar-refractivity contribution < 1.29 is 19.1 Å². The van der Waals surface area contributed by atoms with Crippen LogP contribution in [0.4, 0.5) is 5.69 Å². The van der Waals surface area contributed by atoms with Gasteiger partial charge in [-0.25, -0.2) is 4.79 Å². The molecule has 0 aromatic heterocycles. The summed E-state index contributed by atoms with van der Waals surface area (Å²) in [4.78, 5) is 24.2. The van der Waals surface area contributed by atoms with Gasteiger partial charge >= 0.3 is 5.97 Å². The molecular formula is C22H27NO4. The number of rotatable bonds is 9. The van der Waals surface area contributed by atoms with Gasteiger partial charge in [-0.2, -0.15) is 0 Å². The van der Waals surface area contributed by atoms with E-state index >= 15 is 0 Å². The van der Waals surface area contributed by atoms with Gasteiger partial charge in [0.25, 0.3) is 5.91 Å². The summed E-state index contributed by atoms with van der Waals surface area (Å²) < 4.78 is 10.8. The quantitative estimate of drug-likeness (QED) is 0.512. The van der Waals surface area contributed by atoms with E-state index in [-0.39, 0.29) is 11.9 Å². The summed E-state index contributed by atoms with van der Waals surface area (Å²) >= 11 is 0. The van der Waals surface area contributed by atoms with Crippen LogP contribution in [-0.4, -0.2) is 24.6 Å². The number of ether oxygens (including phenoxy) is 2. The molecule has 144 valence electrons. The van der Waals surface area contributed by atoms with Gasteiger partial charge < -0.3 is 14.8 Å². The molecule has 0 spiro atoms. The molecule has 27 heavy (non-hydrogen) atoms. The number of aryl methyl sites for hydroxylation is 1. The summed E-state index contributed by atoms with van der Waals surface area (Å²) in [6.45, 7) is 6.16. The predicted octanol–water partition coefficient (Wildman–Crippen LogP) is 4.75. The SMILES string of the molecule is CCCCCOC(=O)[C@H](C)Oc1ccc(C(=O)Nc2ccc(C)cc2)cc1. The molecule has 0 radical (unpaired) electrons. The molecule has 1 N–H and O–H groups in total. The number of nitrogens with one attached hydrogen (secondary N) is 1. The van der Waals surface area contributed by atoms with Gasteiger partial charge in [-0.3, -0.25) is 4.79 Å². The van der Waals surface area contributed by atoms with Crippen LogP contribution in [0.25, 0.3) is 0 Å². The molecular weight excluding hydrogens is 342 g/mol. The van der Waals surface area contributed by atoms with E-state index in [1.807, 2.05) is 31.2 Å². The van der Waals surface area contributed by atoms with Crippen molar-refractivity contribution in [2.24, 2.45) is 0 Å². The lowest BCUT2D eigenvalue weighted by atomic mass is 10.2. The Bertz CT molecular complexity index is 738. The molecule has 2 rings (SSSR count). The smallest absolute Gasteiger partial charge is 0.347 e. The zero-order chi connectivity index (χ0) is 19.6. The molecule has 5 nitrogen and oxygen atoms in total. The first-order valence-electron chi connectivity index (χ1n) is 9.31. The maximum atomic E-state index is 12.3. The number of amides is 1. The predicted molar refractivity (Wildman–Crippen MR) is 106 cm³/mol. The molecule has 0 aliphatic heterocycles. The highest BCUT2D eigenvalue weighted by Crippen LogP contribution is 2.16. The lowest BCUT2D eigenvalue weighted by Crippen LogP contribution is -2.26. The standard InChI is InChI=1S/C22H27NO4/c1-4-5-6-15-26-22(25)17(3)27-20-13-9-18(10-14-20)21(24)23-19-11-7-16(2)8-12-19/h7-14,17H,4-6,15H2,1-3H3,(H,23,24)/t17-/m0/s1. The molecule has 0 bridgehead atoms. The number of anilines is 1. The molecule has 2 aromatic carbocycles. The van der Waals surface area contributed by atoms with Crippen molar-refractivity contribution in [2.45, 2.75) is 46.1 Å². The first kappa shape index (κ1) is 20.5. The highest BCUT2D eigenvalue weighted by Gasteiger charge is 2.16. The average Bonchev–Trinajstić information content (AvgIpc) is 2.67. The average molecular weight is 369 g/mol. The third-order valence-corrected chi connectivity index (χ3v) is 4.06. The van der Waals surface area contributed by atoms with E-state index in [0.29, 0.717) is 17.9 Å². The summed E-state index contributed by atoms with van der Waals surface area (Å²) in [6, 6.07) is 14.3. The fourth-order valence-corrected chi connectivity index (χ4v) is 2.42. The Hall–Kier alpha value is -2.82. The first-order valence-corrected chi connectivity index (χ1v) is 9.31. The van der Waals surface area contributed by atoms with Crippen LogP contribution in [0.5, 0.6) is 5.75 Å². The molecule has 2 aromatic rings. The third kappa shape index (κ3) is 6.77. The minimum Gasteiger partial charge on any atom is -0.479 e. The van der Waals surface area contributed by atoms with Gasteiger partial charge in [0.2, 0.25) is 0 Å². The monoisotopic (exact) mass is 369 g/mol. The van der Waals surface area contributed by atoms with Crippen LogP contribution in [0.2, 0.25) is 0 Å². The van der Waals surface area contributed by atoms with Crippen LogP contribution in [0.15, 0.2) is 48.5 Å². The molecule has 0 heterocycles. The minimum absolute atomic E-state index is 0.200. The van der Waals surface area contributed by atoms with E-state index in [9.17, 15) is 9.59 Å². The maximum absolute atomic E-state index is 12.3. The fourth-order valence-electron chi connectivity index (χ4n) is 2.42. The number of unbranched alkanes of at least 4 members (excludes halogenated alkanes) is 2. The number of hydrogen-bond donors (Lipinski definition) is 1. The fraction of sp³-hybridized carbons (Fsp3) is 0.364. The molecule has 1 atom stereocenters. The van der Waals surface area contributed by atoms with Crippen LogP contribution >= 0.6 is 0 Å². The second-order valence-corrected chi connectivity index (χ2v) is 6.48. The second kappa shape index (κ2) is 10.4. The van der Waals surface area contributed by atoms with E-state index in [2.05, 4.69) is 12.2 Å². The lowest BCUT2D eigenvalue weighted by molar-refractivity contribution is -0.151. The Labute approximate surface area is 160 Å². The number of carbonyl (C=O) groups excluding carboxylic acids is 2. The highest BCUT2D eigenvalue weighted by atomic mass is 16.6. The van der Waals surface area contributed by atoms with E-state index in [1.165, 1.54) is 0 Å². The van der Waals surface area contributed by atoms with Gasteiger partial charge in [0, 0.05) is 11.3 Å². The molecule has 0 saturated heterocycles. The Morgan fingerprint density at radius 3 is 2.30 bits per heavy atom. The molecule has 0 aliphatic carbocycles. The summed E-state index contributed by atoms with van der Waals surface area (Å²) in [5, 5.41) is 2.84. The Morgan fingerprint density at radius 2 is 1.67 bits per heavy atom. The van der Waals surface area contributed by atoms with Gasteiger partial charge in [-0.15, -0.1) is 0 Å². The molecule has 5 heteroatoms. The molecule has 0 saturated carbocycles. The largest absolute Gasteiger partial charge is 0.479 e. The number of hydrogen-bond acceptors (Lipinski definition) is 4. The van der Waals surface area contributed by atoms with Gasteiger partial charge in [0.05, 0.1) is 6.61 Å². The zero-order valence-electron chi connectivity index (χ0n) is 16.2. The number of esters is 1. The third-order valence-electron chi connectivity index (χ3n) is 4.06. The Balaban J connectivity index is 1.85. The van der Waals surface area contributed by atoms with Crippen molar-refractivity contribution in [3.63, 3.8) is 0 Å². The maximum Gasteiger partial charge on any atom is 0.347 e. The van der Waals surface area contributed by atoms with Gasteiger partial charge in [0.15, 0.2) is 6.10 Å². The van der Waals surface area contributed by atoms with Gasteiger partial charge in [-0.05, 0) is 56.7 Å². The molecule has 0 fully saturated rings. The van der Waals surface area contributed by atoms with Crippen LogP contribution in [0.1, 0.15) is 49.0 Å². The zero-order valence-corrected chi connectivity index (χ0v) is 16.2. The van der Waals surface area contributed by atoms with Crippen molar-refractivity contribution in [1.29, 1.82) is 0 Å². The van der Waals surface area contributed by atoms with E-state index < -0.39 is 6.10 Å². The Morgan fingerprint density at radius 1 is 1.00 bits per heavy atom. The summed E-state index contributed by atoms with van der Waals surface area (Å²) in [6.07, 6.45) is 2.28. The second-order valence-electron chi connectivity index (χ2n) is 6.48. The van der Waals surface area contributed by atoms with Gasteiger partial charge in [0.1, 0.15) is 5.75 Å². The topological polar surface area (TPSA) is 64.6 Å². The van der Waals surface area contributed by atoms with Gasteiger partial charge in [-0.1, -0.05) is 37.5 Å². The minimum atomic E-state index is -0.695. The molecule has 0 aliphatic rings. The Kier molecular flexibility index (Phi) is 7.86. The molecule has 0 unspecified atom stereocenters. The number of benzene rings is 2. The summed E-state index contributed by atoms with van der Waals surface area (Å²) in [5.74, 6) is -0.0685. The number of carbonyl (C=O) groups is 2. The van der Waals surface area contributed by atoms with Crippen molar-refractivity contribution in [2.75, 3.05) is 11.9 Å². The van der Waals surface area contributed by atoms with Crippen LogP contribution in [0, 0.1) is 6.92 Å². The normalized spacial score (nSPS) is 11.5.